The summed E-state index contributed by atoms with van der Waals surface area (Å²) in [6.45, 7) is 1.25. The van der Waals surface area contributed by atoms with E-state index < -0.39 is 0 Å². The maximum Gasteiger partial charge on any atom is 0.260 e. The number of nitrogens with zero attached hydrogens (tertiary/aromatic N) is 2. The first-order valence-corrected chi connectivity index (χ1v) is 10.6. The molecular weight excluding hydrogens is 390 g/mol. The Kier molecular flexibility index (Phi) is 7.41. The molecule has 3 aliphatic rings. The summed E-state index contributed by atoms with van der Waals surface area (Å²) in [5.74, 6) is 0.768. The van der Waals surface area contributed by atoms with Gasteiger partial charge in [0.05, 0.1) is 5.92 Å². The Hall–Kier alpha value is -1.79. The molecule has 3 atom stereocenters. The third-order valence-electron chi connectivity index (χ3n) is 6.57. The number of halogens is 1. The number of likely N-dealkylation sites (tertiary alicyclic amines) is 1. The topological polar surface area (TPSA) is 61.9 Å². The lowest BCUT2D eigenvalue weighted by molar-refractivity contribution is -0.142. The van der Waals surface area contributed by atoms with Crippen molar-refractivity contribution < 1.29 is 14.3 Å². The second-order valence-corrected chi connectivity index (χ2v) is 8.49. The molecule has 29 heavy (non-hydrogen) atoms. The first-order chi connectivity index (χ1) is 13.6. The van der Waals surface area contributed by atoms with Crippen molar-refractivity contribution >= 4 is 24.2 Å². The zero-order valence-electron chi connectivity index (χ0n) is 17.1. The van der Waals surface area contributed by atoms with E-state index in [0.29, 0.717) is 37.0 Å². The number of piperidine rings is 2. The molecule has 0 aliphatic carbocycles. The van der Waals surface area contributed by atoms with Crippen LogP contribution < -0.4 is 10.1 Å². The molecule has 6 nitrogen and oxygen atoms in total. The van der Waals surface area contributed by atoms with Crippen LogP contribution in [0.4, 0.5) is 0 Å². The normalized spacial score (nSPS) is 28.4. The number of carbonyl (C=O) groups excluding carboxylic acids is 2. The summed E-state index contributed by atoms with van der Waals surface area (Å²) in [4.78, 5) is 29.5. The third-order valence-corrected chi connectivity index (χ3v) is 6.57. The van der Waals surface area contributed by atoms with E-state index in [2.05, 4.69) is 5.32 Å². The van der Waals surface area contributed by atoms with Gasteiger partial charge in [-0.05, 0) is 50.7 Å². The average molecular weight is 422 g/mol. The van der Waals surface area contributed by atoms with Crippen LogP contribution in [-0.4, -0.2) is 66.5 Å². The summed E-state index contributed by atoms with van der Waals surface area (Å²) >= 11 is 0. The minimum absolute atomic E-state index is 0. The molecule has 3 fully saturated rings. The van der Waals surface area contributed by atoms with Crippen molar-refractivity contribution in [2.75, 3.05) is 26.7 Å². The van der Waals surface area contributed by atoms with Gasteiger partial charge in [-0.3, -0.25) is 9.59 Å². The van der Waals surface area contributed by atoms with Crippen LogP contribution in [0.2, 0.25) is 0 Å². The predicted octanol–water partition coefficient (Wildman–Crippen LogP) is 2.47. The number of carbonyl (C=O) groups is 2. The molecule has 3 saturated heterocycles. The number of benzene rings is 1. The summed E-state index contributed by atoms with van der Waals surface area (Å²) in [6.07, 6.45) is 6.31. The zero-order chi connectivity index (χ0) is 19.5. The molecule has 1 aromatic rings. The molecule has 0 saturated carbocycles. The quantitative estimate of drug-likeness (QED) is 0.793. The van der Waals surface area contributed by atoms with Crippen LogP contribution >= 0.6 is 12.4 Å². The van der Waals surface area contributed by atoms with E-state index in [9.17, 15) is 9.59 Å². The van der Waals surface area contributed by atoms with E-state index in [1.54, 1.807) is 4.90 Å². The second kappa shape index (κ2) is 9.81. The largest absolute Gasteiger partial charge is 0.484 e. The highest BCUT2D eigenvalue weighted by Gasteiger charge is 2.38. The molecule has 3 aliphatic heterocycles. The molecule has 0 radical (unpaired) electrons. The van der Waals surface area contributed by atoms with Crippen LogP contribution in [-0.2, 0) is 9.59 Å². The SMILES string of the molecule is CN(C(=O)C1CCCN(C(=O)COc2ccccc2)C1)C1CC2CCC(C1)N2.Cl. The Bertz CT molecular complexity index is 690. The molecule has 2 bridgehead atoms. The van der Waals surface area contributed by atoms with Gasteiger partial charge in [-0.2, -0.15) is 0 Å². The maximum absolute atomic E-state index is 13.1. The van der Waals surface area contributed by atoms with E-state index in [4.69, 9.17) is 4.74 Å². The molecule has 0 aromatic heterocycles. The van der Waals surface area contributed by atoms with Crippen molar-refractivity contribution in [3.05, 3.63) is 30.3 Å². The van der Waals surface area contributed by atoms with Crippen molar-refractivity contribution in [2.45, 2.75) is 56.7 Å². The molecule has 1 N–H and O–H groups in total. The van der Waals surface area contributed by atoms with E-state index in [0.717, 1.165) is 25.7 Å². The predicted molar refractivity (Wildman–Crippen MR) is 114 cm³/mol. The van der Waals surface area contributed by atoms with Gasteiger partial charge in [0.15, 0.2) is 6.61 Å². The fourth-order valence-corrected chi connectivity index (χ4v) is 4.97. The van der Waals surface area contributed by atoms with Crippen LogP contribution in [0.1, 0.15) is 38.5 Å². The number of amides is 2. The lowest BCUT2D eigenvalue weighted by atomic mass is 9.93. The summed E-state index contributed by atoms with van der Waals surface area (Å²) < 4.78 is 5.60. The molecule has 4 rings (SSSR count). The van der Waals surface area contributed by atoms with E-state index in [1.807, 2.05) is 42.3 Å². The highest BCUT2D eigenvalue weighted by atomic mass is 35.5. The number of para-hydroxylation sites is 1. The molecule has 160 valence electrons. The van der Waals surface area contributed by atoms with E-state index >= 15 is 0 Å². The van der Waals surface area contributed by atoms with Gasteiger partial charge in [0.25, 0.3) is 5.91 Å². The first kappa shape index (κ1) is 21.9. The minimum Gasteiger partial charge on any atom is -0.484 e. The van der Waals surface area contributed by atoms with Crippen molar-refractivity contribution in [1.82, 2.24) is 15.1 Å². The van der Waals surface area contributed by atoms with Gasteiger partial charge in [0.1, 0.15) is 5.75 Å². The second-order valence-electron chi connectivity index (χ2n) is 8.49. The summed E-state index contributed by atoms with van der Waals surface area (Å²) in [7, 11) is 1.96. The first-order valence-electron chi connectivity index (χ1n) is 10.6. The smallest absolute Gasteiger partial charge is 0.260 e. The summed E-state index contributed by atoms with van der Waals surface area (Å²) in [5.41, 5.74) is 0. The van der Waals surface area contributed by atoms with Crippen molar-refractivity contribution in [3.8, 4) is 5.75 Å². The lowest BCUT2D eigenvalue weighted by Gasteiger charge is -2.39. The molecule has 7 heteroatoms. The summed E-state index contributed by atoms with van der Waals surface area (Å²) in [5, 5.41) is 3.64. The van der Waals surface area contributed by atoms with Crippen molar-refractivity contribution in [3.63, 3.8) is 0 Å². The molecule has 3 unspecified atom stereocenters. The number of ether oxygens (including phenoxy) is 1. The molecular formula is C22H32ClN3O3. The Morgan fingerprint density at radius 1 is 1.14 bits per heavy atom. The minimum atomic E-state index is -0.0908. The Balaban J connectivity index is 0.00000240. The van der Waals surface area contributed by atoms with Crippen LogP contribution in [0.25, 0.3) is 0 Å². The van der Waals surface area contributed by atoms with Gasteiger partial charge in [-0.25, -0.2) is 0 Å². The van der Waals surface area contributed by atoms with Crippen molar-refractivity contribution in [2.24, 2.45) is 5.92 Å². The van der Waals surface area contributed by atoms with Crippen LogP contribution in [0.15, 0.2) is 30.3 Å². The van der Waals surface area contributed by atoms with Gasteiger partial charge in [-0.15, -0.1) is 12.4 Å². The van der Waals surface area contributed by atoms with Crippen LogP contribution in [0.3, 0.4) is 0 Å². The van der Waals surface area contributed by atoms with Crippen LogP contribution in [0.5, 0.6) is 5.75 Å². The number of fused-ring (bicyclic) bond motifs is 2. The average Bonchev–Trinajstić information content (AvgIpc) is 3.09. The van der Waals surface area contributed by atoms with Gasteiger partial charge in [-0.1, -0.05) is 18.2 Å². The fourth-order valence-electron chi connectivity index (χ4n) is 4.97. The van der Waals surface area contributed by atoms with Gasteiger partial charge < -0.3 is 19.9 Å². The number of rotatable bonds is 5. The number of hydrogen-bond acceptors (Lipinski definition) is 4. The molecule has 3 heterocycles. The maximum atomic E-state index is 13.1. The Morgan fingerprint density at radius 2 is 1.83 bits per heavy atom. The van der Waals surface area contributed by atoms with Gasteiger partial charge >= 0.3 is 0 Å². The monoisotopic (exact) mass is 421 g/mol. The lowest BCUT2D eigenvalue weighted by Crippen LogP contribution is -2.52. The zero-order valence-corrected chi connectivity index (χ0v) is 17.9. The van der Waals surface area contributed by atoms with E-state index in [-0.39, 0.29) is 36.7 Å². The number of hydrogen-bond donors (Lipinski definition) is 1. The van der Waals surface area contributed by atoms with Gasteiger partial charge in [0, 0.05) is 38.3 Å². The van der Waals surface area contributed by atoms with Crippen LogP contribution in [0, 0.1) is 5.92 Å². The number of nitrogens with one attached hydrogen (secondary N) is 1. The highest BCUT2D eigenvalue weighted by Crippen LogP contribution is 2.30. The summed E-state index contributed by atoms with van der Waals surface area (Å²) in [6, 6.07) is 10.8. The van der Waals surface area contributed by atoms with Crippen molar-refractivity contribution in [1.29, 1.82) is 0 Å². The fraction of sp³-hybridized carbons (Fsp3) is 0.636. The highest BCUT2D eigenvalue weighted by molar-refractivity contribution is 5.85. The Morgan fingerprint density at radius 3 is 2.52 bits per heavy atom. The van der Waals surface area contributed by atoms with E-state index in [1.165, 1.54) is 12.8 Å². The Labute approximate surface area is 179 Å². The standard InChI is InChI=1S/C22H31N3O3.ClH/c1-24(19-12-17-9-10-18(13-19)23-17)22(27)16-6-5-11-25(14-16)21(26)15-28-20-7-3-2-4-8-20;/h2-4,7-8,16-19,23H,5-6,9-15H2,1H3;1H. The third kappa shape index (κ3) is 5.23. The molecule has 2 amide bonds. The molecule has 1 aromatic carbocycles. The van der Waals surface area contributed by atoms with Gasteiger partial charge in [0.2, 0.25) is 5.91 Å². The molecule has 0 spiro atoms.